The van der Waals surface area contributed by atoms with Crippen molar-refractivity contribution in [3.05, 3.63) is 71.2 Å². The number of nitrogens with zero attached hydrogens (tertiary/aromatic N) is 2. The minimum absolute atomic E-state index is 0.00155. The minimum atomic E-state index is -1.11. The zero-order valence-corrected chi connectivity index (χ0v) is 19.5. The Hall–Kier alpha value is -3.71. The number of carbonyl (C=O) groups is 1. The highest BCUT2D eigenvalue weighted by Gasteiger charge is 2.33. The smallest absolute Gasteiger partial charge is 0.408 e. The van der Waals surface area contributed by atoms with E-state index >= 15 is 0 Å². The van der Waals surface area contributed by atoms with Gasteiger partial charge in [-0.3, -0.25) is 9.36 Å². The summed E-state index contributed by atoms with van der Waals surface area (Å²) in [5.41, 5.74) is 2.90. The SMILES string of the molecule is C=CCC1(O)CNCC(C(=O)NC(C#N)Cc2ccc(-c3ccc4oc(=O)n(C)c4c3)cc2)OC1. The van der Waals surface area contributed by atoms with Crippen LogP contribution < -0.4 is 16.4 Å². The zero-order valence-electron chi connectivity index (χ0n) is 19.5. The van der Waals surface area contributed by atoms with Crippen LogP contribution in [0.2, 0.25) is 0 Å². The second-order valence-electron chi connectivity index (χ2n) is 8.85. The molecule has 0 aliphatic carbocycles. The Bertz CT molecular complexity index is 1320. The average molecular weight is 477 g/mol. The molecule has 9 nitrogen and oxygen atoms in total. The van der Waals surface area contributed by atoms with Gasteiger partial charge in [0, 0.05) is 26.6 Å². The molecule has 1 aliphatic heterocycles. The van der Waals surface area contributed by atoms with E-state index in [2.05, 4.69) is 23.3 Å². The van der Waals surface area contributed by atoms with E-state index in [0.717, 1.165) is 16.7 Å². The third-order valence-electron chi connectivity index (χ3n) is 6.14. The van der Waals surface area contributed by atoms with Crippen LogP contribution in [0.25, 0.3) is 22.2 Å². The number of carbonyl (C=O) groups excluding carboxylic acids is 1. The van der Waals surface area contributed by atoms with Crippen molar-refractivity contribution in [3.63, 3.8) is 0 Å². The van der Waals surface area contributed by atoms with Gasteiger partial charge in [-0.25, -0.2) is 4.79 Å². The normalized spacial score (nSPS) is 21.1. The Kier molecular flexibility index (Phi) is 7.17. The number of ether oxygens (including phenoxy) is 1. The van der Waals surface area contributed by atoms with Crippen LogP contribution in [0, 0.1) is 11.3 Å². The van der Waals surface area contributed by atoms with E-state index < -0.39 is 29.4 Å². The van der Waals surface area contributed by atoms with Crippen LogP contribution in [-0.4, -0.2) is 53.0 Å². The van der Waals surface area contributed by atoms with Gasteiger partial charge < -0.3 is 24.9 Å². The molecule has 3 N–H and O–H groups in total. The molecular weight excluding hydrogens is 448 g/mol. The number of fused-ring (bicyclic) bond motifs is 1. The quantitative estimate of drug-likeness (QED) is 0.442. The summed E-state index contributed by atoms with van der Waals surface area (Å²) in [5, 5.41) is 25.9. The first kappa shape index (κ1) is 24.4. The van der Waals surface area contributed by atoms with E-state index in [9.17, 15) is 20.0 Å². The molecule has 3 unspecified atom stereocenters. The number of nitrogens with one attached hydrogen (secondary N) is 2. The number of aryl methyl sites for hydroxylation is 1. The second-order valence-corrected chi connectivity index (χ2v) is 8.85. The summed E-state index contributed by atoms with van der Waals surface area (Å²) in [5.74, 6) is -0.808. The first-order valence-electron chi connectivity index (χ1n) is 11.4. The molecule has 0 radical (unpaired) electrons. The lowest BCUT2D eigenvalue weighted by molar-refractivity contribution is -0.135. The molecule has 0 saturated carbocycles. The van der Waals surface area contributed by atoms with E-state index in [-0.39, 0.29) is 13.2 Å². The summed E-state index contributed by atoms with van der Waals surface area (Å²) in [6.45, 7) is 4.17. The second kappa shape index (κ2) is 10.3. The van der Waals surface area contributed by atoms with Crippen molar-refractivity contribution in [1.29, 1.82) is 5.26 Å². The first-order valence-corrected chi connectivity index (χ1v) is 11.4. The first-order chi connectivity index (χ1) is 16.8. The van der Waals surface area contributed by atoms with Gasteiger partial charge in [-0.2, -0.15) is 5.26 Å². The molecule has 1 aliphatic rings. The standard InChI is InChI=1S/C26H28N4O5/c1-3-10-26(33)15-28-14-23(34-16-26)24(31)29-20(13-27)11-17-4-6-18(7-5-17)19-8-9-22-21(12-19)30(2)25(32)35-22/h3-9,12,20,23,28,33H,1,10-11,14-16H2,2H3,(H,29,31). The maximum absolute atomic E-state index is 12.7. The Morgan fingerprint density at radius 3 is 2.83 bits per heavy atom. The van der Waals surface area contributed by atoms with E-state index in [1.54, 1.807) is 19.2 Å². The molecule has 4 rings (SSSR count). The highest BCUT2D eigenvalue weighted by atomic mass is 16.5. The lowest BCUT2D eigenvalue weighted by Crippen LogP contribution is -2.46. The number of aromatic nitrogens is 1. The van der Waals surface area contributed by atoms with Crippen LogP contribution in [-0.2, 0) is 23.0 Å². The molecule has 3 atom stereocenters. The number of rotatable bonds is 7. The summed E-state index contributed by atoms with van der Waals surface area (Å²) >= 11 is 0. The molecule has 182 valence electrons. The van der Waals surface area contributed by atoms with Crippen molar-refractivity contribution in [2.24, 2.45) is 7.05 Å². The Morgan fingerprint density at radius 2 is 2.11 bits per heavy atom. The number of benzene rings is 2. The van der Waals surface area contributed by atoms with Gasteiger partial charge in [-0.1, -0.05) is 36.4 Å². The zero-order chi connectivity index (χ0) is 25.0. The van der Waals surface area contributed by atoms with Gasteiger partial charge in [0.1, 0.15) is 17.7 Å². The summed E-state index contributed by atoms with van der Waals surface area (Å²) in [6.07, 6.45) is 1.49. The maximum atomic E-state index is 12.7. The summed E-state index contributed by atoms with van der Waals surface area (Å²) in [4.78, 5) is 24.4. The number of β-amino-alcohol motifs (C(OH)–C–C–N with tert-alkyl or cyclic N) is 1. The summed E-state index contributed by atoms with van der Waals surface area (Å²) in [6, 6.07) is 14.6. The van der Waals surface area contributed by atoms with Crippen LogP contribution >= 0.6 is 0 Å². The van der Waals surface area contributed by atoms with Gasteiger partial charge >= 0.3 is 5.76 Å². The lowest BCUT2D eigenvalue weighted by Gasteiger charge is -2.24. The fourth-order valence-electron chi connectivity index (χ4n) is 4.14. The number of hydrogen-bond donors (Lipinski definition) is 3. The van der Waals surface area contributed by atoms with Crippen LogP contribution in [0.5, 0.6) is 0 Å². The maximum Gasteiger partial charge on any atom is 0.419 e. The molecule has 1 fully saturated rings. The molecule has 9 heteroatoms. The molecule has 1 saturated heterocycles. The average Bonchev–Trinajstić information content (AvgIpc) is 3.00. The molecule has 35 heavy (non-hydrogen) atoms. The van der Waals surface area contributed by atoms with E-state index in [1.807, 2.05) is 36.4 Å². The number of oxazole rings is 1. The van der Waals surface area contributed by atoms with Crippen molar-refractivity contribution in [2.75, 3.05) is 19.7 Å². The monoisotopic (exact) mass is 476 g/mol. The Morgan fingerprint density at radius 1 is 1.37 bits per heavy atom. The van der Waals surface area contributed by atoms with Gasteiger partial charge in [-0.15, -0.1) is 6.58 Å². The molecule has 0 bridgehead atoms. The van der Waals surface area contributed by atoms with Crippen molar-refractivity contribution in [3.8, 4) is 17.2 Å². The molecule has 0 spiro atoms. The number of amides is 1. The molecule has 2 heterocycles. The molecule has 3 aromatic rings. The summed E-state index contributed by atoms with van der Waals surface area (Å²) in [7, 11) is 1.66. The van der Waals surface area contributed by atoms with E-state index in [0.29, 0.717) is 30.5 Å². The van der Waals surface area contributed by atoms with Crippen LogP contribution in [0.15, 0.2) is 64.3 Å². The van der Waals surface area contributed by atoms with Crippen LogP contribution in [0.4, 0.5) is 0 Å². The predicted molar refractivity (Wildman–Crippen MR) is 131 cm³/mol. The van der Waals surface area contributed by atoms with Gasteiger partial charge in [-0.05, 0) is 35.2 Å². The highest BCUT2D eigenvalue weighted by Crippen LogP contribution is 2.24. The van der Waals surface area contributed by atoms with Gasteiger partial charge in [0.15, 0.2) is 5.58 Å². The fraction of sp³-hybridized carbons (Fsp3) is 0.346. The van der Waals surface area contributed by atoms with Gasteiger partial charge in [0.2, 0.25) is 0 Å². The van der Waals surface area contributed by atoms with Crippen molar-refractivity contribution in [2.45, 2.75) is 30.6 Å². The van der Waals surface area contributed by atoms with Crippen molar-refractivity contribution < 1.29 is 19.1 Å². The third kappa shape index (κ3) is 5.52. The molecular formula is C26H28N4O5. The Labute approximate surface area is 202 Å². The number of hydrogen-bond acceptors (Lipinski definition) is 7. The molecule has 1 amide bonds. The minimum Gasteiger partial charge on any atom is -0.408 e. The fourth-order valence-corrected chi connectivity index (χ4v) is 4.14. The number of nitriles is 1. The highest BCUT2D eigenvalue weighted by molar-refractivity contribution is 5.82. The van der Waals surface area contributed by atoms with Gasteiger partial charge in [0.05, 0.1) is 18.2 Å². The van der Waals surface area contributed by atoms with Crippen LogP contribution in [0.3, 0.4) is 0 Å². The van der Waals surface area contributed by atoms with Crippen molar-refractivity contribution >= 4 is 17.0 Å². The Balaban J connectivity index is 1.39. The largest absolute Gasteiger partial charge is 0.419 e. The van der Waals surface area contributed by atoms with Crippen molar-refractivity contribution in [1.82, 2.24) is 15.2 Å². The number of aliphatic hydroxyl groups is 1. The van der Waals surface area contributed by atoms with E-state index in [4.69, 9.17) is 9.15 Å². The van der Waals surface area contributed by atoms with Crippen LogP contribution in [0.1, 0.15) is 12.0 Å². The topological polar surface area (TPSA) is 130 Å². The third-order valence-corrected chi connectivity index (χ3v) is 6.14. The molecule has 1 aromatic heterocycles. The summed E-state index contributed by atoms with van der Waals surface area (Å²) < 4.78 is 12.3. The molecule has 2 aromatic carbocycles. The predicted octanol–water partition coefficient (Wildman–Crippen LogP) is 1.64. The lowest BCUT2D eigenvalue weighted by atomic mass is 10.0. The van der Waals surface area contributed by atoms with Gasteiger partial charge in [0.25, 0.3) is 5.91 Å². The van der Waals surface area contributed by atoms with E-state index in [1.165, 1.54) is 4.57 Å².